The maximum Gasteiger partial charge on any atom is 0.416 e. The molecule has 13 heteroatoms. The summed E-state index contributed by atoms with van der Waals surface area (Å²) >= 11 is 6.19. The maximum atomic E-state index is 14.2. The first-order chi connectivity index (χ1) is 20.6. The van der Waals surface area contributed by atoms with Crippen LogP contribution in [0.1, 0.15) is 37.0 Å². The largest absolute Gasteiger partial charge is 0.497 e. The topological polar surface area (TPSA) is 96.0 Å². The first kappa shape index (κ1) is 34.7. The number of halogens is 4. The van der Waals surface area contributed by atoms with E-state index in [1.807, 2.05) is 13.8 Å². The van der Waals surface area contributed by atoms with E-state index in [-0.39, 0.29) is 24.0 Å². The van der Waals surface area contributed by atoms with Crippen LogP contribution in [0.25, 0.3) is 0 Å². The van der Waals surface area contributed by atoms with Gasteiger partial charge in [0.25, 0.3) is 0 Å². The second-order valence-corrected chi connectivity index (χ2v) is 12.6. The molecule has 2 amide bonds. The van der Waals surface area contributed by atoms with Crippen molar-refractivity contribution < 1.29 is 35.9 Å². The highest BCUT2D eigenvalue weighted by molar-refractivity contribution is 7.92. The Bertz CT molecular complexity index is 1550. The molecule has 0 aliphatic rings. The molecule has 238 valence electrons. The van der Waals surface area contributed by atoms with E-state index in [1.54, 1.807) is 54.6 Å². The number of carbonyl (C=O) groups is 2. The van der Waals surface area contributed by atoms with E-state index in [2.05, 4.69) is 5.32 Å². The third kappa shape index (κ3) is 9.36. The molecule has 1 N–H and O–H groups in total. The Kier molecular flexibility index (Phi) is 11.7. The van der Waals surface area contributed by atoms with Crippen LogP contribution in [0.4, 0.5) is 18.9 Å². The fourth-order valence-electron chi connectivity index (χ4n) is 4.44. The van der Waals surface area contributed by atoms with Crippen LogP contribution in [0, 0.1) is 0 Å². The zero-order chi connectivity index (χ0) is 32.7. The van der Waals surface area contributed by atoms with E-state index < -0.39 is 51.9 Å². The number of nitrogens with zero attached hydrogens (tertiary/aromatic N) is 2. The predicted octanol–water partition coefficient (Wildman–Crippen LogP) is 5.69. The van der Waals surface area contributed by atoms with Gasteiger partial charge in [-0.2, -0.15) is 13.2 Å². The van der Waals surface area contributed by atoms with E-state index in [0.717, 1.165) is 24.0 Å². The second-order valence-electron chi connectivity index (χ2n) is 10.3. The zero-order valence-corrected chi connectivity index (χ0v) is 26.3. The average Bonchev–Trinajstić information content (AvgIpc) is 2.97. The van der Waals surface area contributed by atoms with E-state index in [4.69, 9.17) is 16.3 Å². The summed E-state index contributed by atoms with van der Waals surface area (Å²) in [6.07, 6.45) is -3.33. The van der Waals surface area contributed by atoms with Crippen molar-refractivity contribution in [3.05, 3.63) is 94.5 Å². The fourth-order valence-corrected chi connectivity index (χ4v) is 5.56. The predicted molar refractivity (Wildman–Crippen MR) is 164 cm³/mol. The Balaban J connectivity index is 2.13. The maximum absolute atomic E-state index is 14.2. The van der Waals surface area contributed by atoms with Crippen LogP contribution in [0.5, 0.6) is 5.75 Å². The summed E-state index contributed by atoms with van der Waals surface area (Å²) in [6.45, 7) is 2.66. The van der Waals surface area contributed by atoms with Gasteiger partial charge in [-0.1, -0.05) is 61.0 Å². The monoisotopic (exact) mass is 653 g/mol. The third-order valence-corrected chi connectivity index (χ3v) is 8.43. The summed E-state index contributed by atoms with van der Waals surface area (Å²) in [6, 6.07) is 16.6. The van der Waals surface area contributed by atoms with Gasteiger partial charge in [0.2, 0.25) is 21.8 Å². The molecular weight excluding hydrogens is 619 g/mol. The molecule has 0 spiro atoms. The third-order valence-electron chi connectivity index (χ3n) is 6.98. The summed E-state index contributed by atoms with van der Waals surface area (Å²) in [5, 5.41) is 2.61. The number of carbonyl (C=O) groups excluding carboxylic acids is 2. The highest BCUT2D eigenvalue weighted by Gasteiger charge is 2.36. The van der Waals surface area contributed by atoms with Gasteiger partial charge in [0.15, 0.2) is 0 Å². The van der Waals surface area contributed by atoms with Crippen molar-refractivity contribution in [1.29, 1.82) is 0 Å². The number of alkyl halides is 3. The Morgan fingerprint density at radius 3 is 2.25 bits per heavy atom. The van der Waals surface area contributed by atoms with Gasteiger partial charge in [-0.25, -0.2) is 8.42 Å². The molecule has 3 rings (SSSR count). The number of amides is 2. The SMILES string of the molecule is CCC(C)NC(=O)C(Cc1ccccc1)N(Cc1cccc(OC)c1)C(=O)CN(c1cc(C(F)(F)F)ccc1Cl)S(C)(=O)=O. The first-order valence-electron chi connectivity index (χ1n) is 13.7. The van der Waals surface area contributed by atoms with Gasteiger partial charge >= 0.3 is 6.18 Å². The lowest BCUT2D eigenvalue weighted by atomic mass is 10.0. The van der Waals surface area contributed by atoms with Gasteiger partial charge in [0.05, 0.1) is 29.6 Å². The number of methoxy groups -OCH3 is 1. The van der Waals surface area contributed by atoms with Crippen LogP contribution in [-0.4, -0.2) is 57.1 Å². The first-order valence-corrected chi connectivity index (χ1v) is 16.0. The van der Waals surface area contributed by atoms with Crippen molar-refractivity contribution in [2.24, 2.45) is 0 Å². The number of sulfonamides is 1. The molecule has 0 aliphatic carbocycles. The minimum absolute atomic E-state index is 0.0853. The quantitative estimate of drug-likeness (QED) is 0.256. The van der Waals surface area contributed by atoms with E-state index in [0.29, 0.717) is 28.1 Å². The van der Waals surface area contributed by atoms with Gasteiger partial charge in [-0.05, 0) is 54.8 Å². The normalized spacial score (nSPS) is 13.1. The molecule has 0 fully saturated rings. The van der Waals surface area contributed by atoms with Gasteiger partial charge in [-0.3, -0.25) is 13.9 Å². The molecule has 3 aromatic carbocycles. The van der Waals surface area contributed by atoms with Crippen molar-refractivity contribution in [2.75, 3.05) is 24.2 Å². The zero-order valence-electron chi connectivity index (χ0n) is 24.8. The minimum Gasteiger partial charge on any atom is -0.497 e. The molecule has 8 nitrogen and oxygen atoms in total. The summed E-state index contributed by atoms with van der Waals surface area (Å²) in [7, 11) is -2.85. The van der Waals surface area contributed by atoms with E-state index in [1.165, 1.54) is 12.0 Å². The number of anilines is 1. The summed E-state index contributed by atoms with van der Waals surface area (Å²) < 4.78 is 72.4. The fraction of sp³-hybridized carbons (Fsp3) is 0.355. The molecule has 44 heavy (non-hydrogen) atoms. The van der Waals surface area contributed by atoms with E-state index in [9.17, 15) is 31.2 Å². The number of hydrogen-bond acceptors (Lipinski definition) is 5. The Morgan fingerprint density at radius 2 is 1.66 bits per heavy atom. The Morgan fingerprint density at radius 1 is 1.00 bits per heavy atom. The molecule has 0 heterocycles. The number of ether oxygens (including phenoxy) is 1. The Labute approximate surface area is 260 Å². The summed E-state index contributed by atoms with van der Waals surface area (Å²) in [5.41, 5.74) is -0.334. The second kappa shape index (κ2) is 14.8. The summed E-state index contributed by atoms with van der Waals surface area (Å²) in [5.74, 6) is -0.804. The lowest BCUT2D eigenvalue weighted by Gasteiger charge is -2.34. The number of benzene rings is 3. The molecule has 0 radical (unpaired) electrons. The molecule has 2 unspecified atom stereocenters. The standard InChI is InChI=1S/C31H35ClF3N3O5S/c1-5-21(2)36-30(40)28(17-22-10-7-6-8-11-22)37(19-23-12-9-13-25(16-23)43-3)29(39)20-38(44(4,41)42)27-18-24(31(33,34)35)14-15-26(27)32/h6-16,18,21,28H,5,17,19-20H2,1-4H3,(H,36,40). The molecule has 0 bridgehead atoms. The summed E-state index contributed by atoms with van der Waals surface area (Å²) in [4.78, 5) is 29.1. The minimum atomic E-state index is -4.79. The van der Waals surface area contributed by atoms with E-state index >= 15 is 0 Å². The van der Waals surface area contributed by atoms with Crippen LogP contribution in [-0.2, 0) is 38.8 Å². The lowest BCUT2D eigenvalue weighted by Crippen LogP contribution is -2.54. The van der Waals surface area contributed by atoms with Crippen molar-refractivity contribution in [3.63, 3.8) is 0 Å². The number of hydrogen-bond donors (Lipinski definition) is 1. The molecule has 0 aliphatic heterocycles. The van der Waals surface area contributed by atoms with Crippen LogP contribution < -0.4 is 14.4 Å². The molecule has 3 aromatic rings. The lowest BCUT2D eigenvalue weighted by molar-refractivity contribution is -0.140. The van der Waals surface area contributed by atoms with Crippen molar-refractivity contribution >= 4 is 39.1 Å². The van der Waals surface area contributed by atoms with Crippen LogP contribution in [0.3, 0.4) is 0 Å². The molecule has 2 atom stereocenters. The number of rotatable bonds is 13. The smallest absolute Gasteiger partial charge is 0.416 e. The number of nitrogens with one attached hydrogen (secondary N) is 1. The van der Waals surface area contributed by atoms with Crippen molar-refractivity contribution in [2.45, 2.75) is 51.5 Å². The Hall–Kier alpha value is -3.77. The van der Waals surface area contributed by atoms with Crippen LogP contribution in [0.15, 0.2) is 72.8 Å². The van der Waals surface area contributed by atoms with Gasteiger partial charge in [0.1, 0.15) is 18.3 Å². The van der Waals surface area contributed by atoms with Gasteiger partial charge < -0.3 is 15.0 Å². The highest BCUT2D eigenvalue weighted by Crippen LogP contribution is 2.36. The molecule has 0 aromatic heterocycles. The van der Waals surface area contributed by atoms with Crippen molar-refractivity contribution in [1.82, 2.24) is 10.2 Å². The van der Waals surface area contributed by atoms with Crippen LogP contribution >= 0.6 is 11.6 Å². The molecule has 0 saturated carbocycles. The van der Waals surface area contributed by atoms with Gasteiger partial charge in [-0.15, -0.1) is 0 Å². The van der Waals surface area contributed by atoms with Crippen molar-refractivity contribution in [3.8, 4) is 5.75 Å². The average molecular weight is 654 g/mol. The highest BCUT2D eigenvalue weighted by atomic mass is 35.5. The molecule has 0 saturated heterocycles. The molecular formula is C31H35ClF3N3O5S. The van der Waals surface area contributed by atoms with Gasteiger partial charge in [0, 0.05) is 19.0 Å². The van der Waals surface area contributed by atoms with Crippen LogP contribution in [0.2, 0.25) is 5.02 Å².